The van der Waals surface area contributed by atoms with Crippen LogP contribution in [0.4, 0.5) is 5.95 Å². The molecule has 162 valence electrons. The Morgan fingerprint density at radius 3 is 2.73 bits per heavy atom. The predicted octanol–water partition coefficient (Wildman–Crippen LogP) is 3.76. The van der Waals surface area contributed by atoms with Crippen molar-refractivity contribution < 1.29 is 9.53 Å². The van der Waals surface area contributed by atoms with Crippen molar-refractivity contribution in [3.8, 4) is 0 Å². The first-order valence-electron chi connectivity index (χ1n) is 10.8. The van der Waals surface area contributed by atoms with E-state index in [9.17, 15) is 4.79 Å². The molecule has 2 aliphatic heterocycles. The van der Waals surface area contributed by atoms with Crippen molar-refractivity contribution in [3.63, 3.8) is 0 Å². The molecule has 0 bridgehead atoms. The number of esters is 1. The van der Waals surface area contributed by atoms with E-state index in [1.807, 2.05) is 17.4 Å². The lowest BCUT2D eigenvalue weighted by molar-refractivity contribution is -0.149. The smallest absolute Gasteiger partial charge is 0.309 e. The molecule has 0 aromatic carbocycles. The van der Waals surface area contributed by atoms with E-state index in [0.717, 1.165) is 51.5 Å². The molecule has 0 aliphatic carbocycles. The van der Waals surface area contributed by atoms with Crippen LogP contribution in [-0.2, 0) is 29.0 Å². The summed E-state index contributed by atoms with van der Waals surface area (Å²) < 4.78 is 5.09. The normalized spacial score (nSPS) is 22.6. The maximum atomic E-state index is 12.3. The molecule has 2 aromatic heterocycles. The summed E-state index contributed by atoms with van der Waals surface area (Å²) in [7, 11) is 1.50. The Kier molecular flexibility index (Phi) is 6.11. The molecule has 0 amide bonds. The molecule has 1 saturated heterocycles. The van der Waals surface area contributed by atoms with Crippen LogP contribution < -0.4 is 4.90 Å². The quantitative estimate of drug-likeness (QED) is 0.691. The lowest BCUT2D eigenvalue weighted by Crippen LogP contribution is -2.46. The van der Waals surface area contributed by atoms with Crippen molar-refractivity contribution in [3.05, 3.63) is 39.8 Å². The third-order valence-electron chi connectivity index (χ3n) is 6.42. The number of carbonyl (C=O) groups excluding carboxylic acids is 1. The number of anilines is 1. The molecule has 2 aliphatic rings. The van der Waals surface area contributed by atoms with Gasteiger partial charge in [-0.2, -0.15) is 0 Å². The second-order valence-electron chi connectivity index (χ2n) is 9.59. The molecule has 2 aromatic rings. The number of piperidine rings is 1. The molecule has 0 radical (unpaired) electrons. The Morgan fingerprint density at radius 1 is 1.27 bits per heavy atom. The Hall–Kier alpha value is -1.99. The van der Waals surface area contributed by atoms with Gasteiger partial charge in [0, 0.05) is 54.9 Å². The highest BCUT2D eigenvalue weighted by atomic mass is 32.1. The van der Waals surface area contributed by atoms with Crippen molar-refractivity contribution >= 4 is 23.3 Å². The molecule has 4 heterocycles. The zero-order chi connectivity index (χ0) is 21.3. The zero-order valence-electron chi connectivity index (χ0n) is 18.4. The highest BCUT2D eigenvalue weighted by Gasteiger charge is 2.37. The van der Waals surface area contributed by atoms with Crippen molar-refractivity contribution in [2.75, 3.05) is 31.6 Å². The summed E-state index contributed by atoms with van der Waals surface area (Å²) in [6, 6.07) is 4.20. The molecule has 6 nitrogen and oxygen atoms in total. The highest BCUT2D eigenvalue weighted by molar-refractivity contribution is 7.12. The summed E-state index contributed by atoms with van der Waals surface area (Å²) >= 11 is 1.92. The molecule has 0 N–H and O–H groups in total. The first-order chi connectivity index (χ1) is 14.3. The number of rotatable bonds is 4. The molecule has 0 spiro atoms. The van der Waals surface area contributed by atoms with Gasteiger partial charge in [0.25, 0.3) is 0 Å². The summed E-state index contributed by atoms with van der Waals surface area (Å²) in [5, 5.41) is 0. The molecule has 1 fully saturated rings. The molecule has 0 saturated carbocycles. The number of methoxy groups -OCH3 is 1. The van der Waals surface area contributed by atoms with Crippen LogP contribution in [0.1, 0.15) is 42.5 Å². The Labute approximate surface area is 183 Å². The number of nitrogens with zero attached hydrogens (tertiary/aromatic N) is 4. The number of ether oxygens (including phenoxy) is 1. The average molecular weight is 429 g/mol. The topological polar surface area (TPSA) is 58.6 Å². The second kappa shape index (κ2) is 8.63. The second-order valence-corrected chi connectivity index (χ2v) is 10.8. The summed E-state index contributed by atoms with van der Waals surface area (Å²) in [5.41, 5.74) is 1.57. The Balaban J connectivity index is 1.46. The van der Waals surface area contributed by atoms with Crippen LogP contribution in [0.2, 0.25) is 0 Å². The van der Waals surface area contributed by atoms with Gasteiger partial charge in [0.15, 0.2) is 0 Å². The fraction of sp³-hybridized carbons (Fsp3) is 0.609. The summed E-state index contributed by atoms with van der Waals surface area (Å²) in [4.78, 5) is 28.7. The summed E-state index contributed by atoms with van der Waals surface area (Å²) in [5.74, 6) is 1.18. The van der Waals surface area contributed by atoms with Gasteiger partial charge < -0.3 is 9.64 Å². The molecule has 4 rings (SSSR count). The van der Waals surface area contributed by atoms with Crippen LogP contribution in [0.15, 0.2) is 24.5 Å². The lowest BCUT2D eigenvalue weighted by Gasteiger charge is -2.42. The van der Waals surface area contributed by atoms with E-state index in [-0.39, 0.29) is 17.3 Å². The predicted molar refractivity (Wildman–Crippen MR) is 119 cm³/mol. The SMILES string of the molecule is COC(=O)[C@@H]1C[C@@H](C(C)(C)C)CN(Cc2cc3c(s2)CCN(c2ncccn2)C3)C1. The minimum absolute atomic E-state index is 0.0340. The Bertz CT molecular complexity index is 877. The van der Waals surface area contributed by atoms with E-state index < -0.39 is 0 Å². The minimum Gasteiger partial charge on any atom is -0.469 e. The maximum Gasteiger partial charge on any atom is 0.309 e. The summed E-state index contributed by atoms with van der Waals surface area (Å²) in [6.45, 7) is 11.4. The standard InChI is InChI=1S/C23H32N4O2S/c1-23(2,3)18-10-17(21(28)29-4)12-26(14-18)15-19-11-16-13-27(9-6-20(16)30-19)22-24-7-5-8-25-22/h5,7-8,11,17-18H,6,9-10,12-15H2,1-4H3/t17-,18-/m1/s1. The van der Waals surface area contributed by atoms with Gasteiger partial charge in [0.2, 0.25) is 5.95 Å². The summed E-state index contributed by atoms with van der Waals surface area (Å²) in [6.07, 6.45) is 5.56. The van der Waals surface area contributed by atoms with Crippen molar-refractivity contribution in [1.29, 1.82) is 0 Å². The van der Waals surface area contributed by atoms with Crippen LogP contribution in [-0.4, -0.2) is 47.6 Å². The number of aromatic nitrogens is 2. The monoisotopic (exact) mass is 428 g/mol. The molecule has 0 unspecified atom stereocenters. The van der Waals surface area contributed by atoms with Crippen LogP contribution in [0.5, 0.6) is 0 Å². The number of thiophene rings is 1. The van der Waals surface area contributed by atoms with Crippen LogP contribution in [0.25, 0.3) is 0 Å². The van der Waals surface area contributed by atoms with Crippen molar-refractivity contribution in [2.24, 2.45) is 17.3 Å². The fourth-order valence-electron chi connectivity index (χ4n) is 4.60. The average Bonchev–Trinajstić information content (AvgIpc) is 3.14. The van der Waals surface area contributed by atoms with E-state index in [1.165, 1.54) is 22.4 Å². The van der Waals surface area contributed by atoms with Gasteiger partial charge in [-0.3, -0.25) is 9.69 Å². The van der Waals surface area contributed by atoms with E-state index >= 15 is 0 Å². The largest absolute Gasteiger partial charge is 0.469 e. The van der Waals surface area contributed by atoms with Gasteiger partial charge in [-0.15, -0.1) is 11.3 Å². The Morgan fingerprint density at radius 2 is 2.03 bits per heavy atom. The molecule has 7 heteroatoms. The van der Waals surface area contributed by atoms with Crippen LogP contribution in [0, 0.1) is 17.3 Å². The van der Waals surface area contributed by atoms with Crippen LogP contribution >= 0.6 is 11.3 Å². The van der Waals surface area contributed by atoms with E-state index in [4.69, 9.17) is 4.74 Å². The number of carbonyl (C=O) groups is 1. The number of likely N-dealkylation sites (tertiary alicyclic amines) is 1. The molecular formula is C23H32N4O2S. The lowest BCUT2D eigenvalue weighted by atomic mass is 9.73. The van der Waals surface area contributed by atoms with E-state index in [2.05, 4.69) is 46.6 Å². The van der Waals surface area contributed by atoms with E-state index in [1.54, 1.807) is 12.4 Å². The zero-order valence-corrected chi connectivity index (χ0v) is 19.2. The number of hydrogen-bond acceptors (Lipinski definition) is 7. The van der Waals surface area contributed by atoms with Gasteiger partial charge in [-0.05, 0) is 41.9 Å². The first-order valence-corrected chi connectivity index (χ1v) is 11.6. The highest BCUT2D eigenvalue weighted by Crippen LogP contribution is 2.37. The van der Waals surface area contributed by atoms with Gasteiger partial charge in [0.05, 0.1) is 13.0 Å². The van der Waals surface area contributed by atoms with Crippen LogP contribution in [0.3, 0.4) is 0 Å². The van der Waals surface area contributed by atoms with Crippen molar-refractivity contribution in [1.82, 2.24) is 14.9 Å². The van der Waals surface area contributed by atoms with Gasteiger partial charge in [-0.25, -0.2) is 9.97 Å². The molecule has 2 atom stereocenters. The molecular weight excluding hydrogens is 396 g/mol. The third-order valence-corrected chi connectivity index (χ3v) is 7.64. The number of hydrogen-bond donors (Lipinski definition) is 0. The first kappa shape index (κ1) is 21.2. The minimum atomic E-state index is -0.0714. The van der Waals surface area contributed by atoms with Gasteiger partial charge in [0.1, 0.15) is 0 Å². The van der Waals surface area contributed by atoms with Gasteiger partial charge in [-0.1, -0.05) is 20.8 Å². The number of fused-ring (bicyclic) bond motifs is 1. The van der Waals surface area contributed by atoms with Gasteiger partial charge >= 0.3 is 5.97 Å². The maximum absolute atomic E-state index is 12.3. The third kappa shape index (κ3) is 4.67. The van der Waals surface area contributed by atoms with Crippen molar-refractivity contribution in [2.45, 2.75) is 46.7 Å². The molecule has 30 heavy (non-hydrogen) atoms. The fourth-order valence-corrected chi connectivity index (χ4v) is 5.82. The van der Waals surface area contributed by atoms with E-state index in [0.29, 0.717) is 5.92 Å².